The molecule has 0 aliphatic carbocycles. The van der Waals surface area contributed by atoms with E-state index in [1.807, 2.05) is 31.2 Å². The lowest BCUT2D eigenvalue weighted by atomic mass is 9.90. The highest BCUT2D eigenvalue weighted by Crippen LogP contribution is 2.22. The smallest absolute Gasteiger partial charge is 0.161 e. The molecule has 1 aromatic rings. The number of hydrogen-bond acceptors (Lipinski definition) is 2. The van der Waals surface area contributed by atoms with Crippen molar-refractivity contribution in [1.82, 2.24) is 0 Å². The highest BCUT2D eigenvalue weighted by Gasteiger charge is 2.23. The third-order valence-corrected chi connectivity index (χ3v) is 2.73. The number of aryl methyl sites for hydroxylation is 1. The van der Waals surface area contributed by atoms with Gasteiger partial charge in [-0.05, 0) is 12.5 Å². The normalized spacial score (nSPS) is 14.2. The number of carbonyl (C=O) groups is 1. The van der Waals surface area contributed by atoms with E-state index in [-0.39, 0.29) is 11.7 Å². The highest BCUT2D eigenvalue weighted by atomic mass is 16.3. The third-order valence-electron chi connectivity index (χ3n) is 2.73. The average Bonchev–Trinajstić information content (AvgIpc) is 2.31. The summed E-state index contributed by atoms with van der Waals surface area (Å²) in [6.45, 7) is 7.44. The molecule has 0 aromatic heterocycles. The summed E-state index contributed by atoms with van der Waals surface area (Å²) in [5.41, 5.74) is 2.08. The fourth-order valence-electron chi connectivity index (χ4n) is 1.65. The molecule has 0 heterocycles. The van der Waals surface area contributed by atoms with Gasteiger partial charge in [0.05, 0.1) is 0 Å². The summed E-state index contributed by atoms with van der Waals surface area (Å²) in [6.07, 6.45) is 0.991. The number of aliphatic hydroxyl groups is 1. The van der Waals surface area contributed by atoms with Gasteiger partial charge in [-0.1, -0.05) is 42.8 Å². The number of benzene rings is 1. The molecule has 0 spiro atoms. The topological polar surface area (TPSA) is 37.3 Å². The van der Waals surface area contributed by atoms with Crippen LogP contribution in [0, 0.1) is 6.92 Å². The fraction of sp³-hybridized carbons (Fsp3) is 0.357. The summed E-state index contributed by atoms with van der Waals surface area (Å²) >= 11 is 0. The van der Waals surface area contributed by atoms with Crippen molar-refractivity contribution < 1.29 is 9.90 Å². The number of aliphatic hydroxyl groups excluding tert-OH is 1. The number of ketones is 1. The molecule has 0 unspecified atom stereocenters. The molecule has 0 saturated carbocycles. The lowest BCUT2D eigenvalue weighted by Crippen LogP contribution is -2.26. The zero-order valence-electron chi connectivity index (χ0n) is 9.81. The van der Waals surface area contributed by atoms with Crippen molar-refractivity contribution in [3.8, 4) is 0 Å². The first-order valence-electron chi connectivity index (χ1n) is 5.50. The van der Waals surface area contributed by atoms with Gasteiger partial charge in [0.2, 0.25) is 0 Å². The van der Waals surface area contributed by atoms with Crippen molar-refractivity contribution in [1.29, 1.82) is 0 Å². The molecule has 16 heavy (non-hydrogen) atoms. The summed E-state index contributed by atoms with van der Waals surface area (Å²) < 4.78 is 0. The Bertz CT molecular complexity index is 365. The molecule has 0 bridgehead atoms. The van der Waals surface area contributed by atoms with Gasteiger partial charge in [-0.3, -0.25) is 4.79 Å². The molecule has 0 aliphatic rings. The lowest BCUT2D eigenvalue weighted by molar-refractivity contribution is -0.127. The Morgan fingerprint density at radius 1 is 1.44 bits per heavy atom. The van der Waals surface area contributed by atoms with Crippen molar-refractivity contribution in [3.63, 3.8) is 0 Å². The van der Waals surface area contributed by atoms with Crippen molar-refractivity contribution in [2.75, 3.05) is 0 Å². The van der Waals surface area contributed by atoms with Gasteiger partial charge in [-0.15, -0.1) is 6.58 Å². The molecule has 2 atom stereocenters. The van der Waals surface area contributed by atoms with Crippen LogP contribution < -0.4 is 0 Å². The first kappa shape index (κ1) is 12.7. The van der Waals surface area contributed by atoms with Crippen LogP contribution in [0.1, 0.15) is 30.4 Å². The molecule has 0 aliphatic heterocycles. The number of carbonyl (C=O) groups excluding carboxylic acids is 1. The summed E-state index contributed by atoms with van der Waals surface area (Å²) in [5.74, 6) is -0.460. The van der Waals surface area contributed by atoms with Crippen molar-refractivity contribution in [2.24, 2.45) is 0 Å². The maximum atomic E-state index is 11.5. The maximum absolute atomic E-state index is 11.5. The van der Waals surface area contributed by atoms with Crippen molar-refractivity contribution in [3.05, 3.63) is 48.0 Å². The molecule has 86 valence electrons. The first-order chi connectivity index (χ1) is 7.60. The summed E-state index contributed by atoms with van der Waals surface area (Å²) in [6, 6.07) is 7.78. The Balaban J connectivity index is 2.94. The Morgan fingerprint density at radius 3 is 2.44 bits per heavy atom. The Hall–Kier alpha value is -1.41. The minimum Gasteiger partial charge on any atom is -0.384 e. The first-order valence-corrected chi connectivity index (χ1v) is 5.50. The zero-order chi connectivity index (χ0) is 12.1. The van der Waals surface area contributed by atoms with Gasteiger partial charge in [0, 0.05) is 12.3 Å². The van der Waals surface area contributed by atoms with Crippen LogP contribution in [0.2, 0.25) is 0 Å². The van der Waals surface area contributed by atoms with Gasteiger partial charge in [0.25, 0.3) is 0 Å². The zero-order valence-corrected chi connectivity index (χ0v) is 9.81. The van der Waals surface area contributed by atoms with Crippen LogP contribution in [0.5, 0.6) is 0 Å². The largest absolute Gasteiger partial charge is 0.384 e. The van der Waals surface area contributed by atoms with E-state index in [1.165, 1.54) is 0 Å². The lowest BCUT2D eigenvalue weighted by Gasteiger charge is -2.18. The van der Waals surface area contributed by atoms with Gasteiger partial charge in [-0.2, -0.15) is 0 Å². The van der Waals surface area contributed by atoms with Crippen LogP contribution in [0.3, 0.4) is 0 Å². The SMILES string of the molecule is C=C[C@H](c1ccc(C)cc1)[C@@H](O)C(=O)CC. The van der Waals surface area contributed by atoms with E-state index >= 15 is 0 Å². The second-order valence-electron chi connectivity index (χ2n) is 3.94. The third kappa shape index (κ3) is 2.80. The van der Waals surface area contributed by atoms with E-state index in [4.69, 9.17) is 0 Å². The van der Waals surface area contributed by atoms with Gasteiger partial charge in [0.15, 0.2) is 5.78 Å². The van der Waals surface area contributed by atoms with Crippen LogP contribution in [-0.4, -0.2) is 17.0 Å². The van der Waals surface area contributed by atoms with E-state index in [9.17, 15) is 9.90 Å². The summed E-state index contributed by atoms with van der Waals surface area (Å²) in [5, 5.41) is 9.88. The molecule has 2 nitrogen and oxygen atoms in total. The van der Waals surface area contributed by atoms with E-state index < -0.39 is 6.10 Å². The van der Waals surface area contributed by atoms with E-state index in [0.29, 0.717) is 6.42 Å². The van der Waals surface area contributed by atoms with Crippen molar-refractivity contribution >= 4 is 5.78 Å². The van der Waals surface area contributed by atoms with E-state index in [0.717, 1.165) is 11.1 Å². The van der Waals surface area contributed by atoms with Crippen LogP contribution >= 0.6 is 0 Å². The van der Waals surface area contributed by atoms with Gasteiger partial charge in [-0.25, -0.2) is 0 Å². The van der Waals surface area contributed by atoms with E-state index in [1.54, 1.807) is 13.0 Å². The van der Waals surface area contributed by atoms with Crippen LogP contribution in [0.25, 0.3) is 0 Å². The predicted molar refractivity (Wildman–Crippen MR) is 65.4 cm³/mol. The Morgan fingerprint density at radius 2 is 2.00 bits per heavy atom. The van der Waals surface area contributed by atoms with Crippen LogP contribution in [0.15, 0.2) is 36.9 Å². The molecule has 0 saturated heterocycles. The summed E-state index contributed by atoms with van der Waals surface area (Å²) in [4.78, 5) is 11.5. The number of hydrogen-bond donors (Lipinski definition) is 1. The van der Waals surface area contributed by atoms with Crippen LogP contribution in [0.4, 0.5) is 0 Å². The maximum Gasteiger partial charge on any atom is 0.161 e. The molecule has 2 heteroatoms. The Kier molecular flexibility index (Phi) is 4.44. The van der Waals surface area contributed by atoms with Crippen molar-refractivity contribution in [2.45, 2.75) is 32.3 Å². The molecule has 0 radical (unpaired) electrons. The quantitative estimate of drug-likeness (QED) is 0.771. The average molecular weight is 218 g/mol. The molecule has 1 aromatic carbocycles. The predicted octanol–water partition coefficient (Wildman–Crippen LogP) is 2.60. The highest BCUT2D eigenvalue weighted by molar-refractivity contribution is 5.83. The van der Waals surface area contributed by atoms with Gasteiger partial charge < -0.3 is 5.11 Å². The van der Waals surface area contributed by atoms with Gasteiger partial charge in [0.1, 0.15) is 6.10 Å². The fourth-order valence-corrected chi connectivity index (χ4v) is 1.65. The van der Waals surface area contributed by atoms with Gasteiger partial charge >= 0.3 is 0 Å². The molecule has 0 fully saturated rings. The number of Topliss-reactive ketones (excluding diaryl/α,β-unsaturated/α-hetero) is 1. The minimum atomic E-state index is -0.981. The standard InChI is InChI=1S/C14H18O2/c1-4-12(14(16)13(15)5-2)11-8-6-10(3)7-9-11/h4,6-9,12,14,16H,1,5H2,2-3H3/t12-,14-/m1/s1. The molecule has 1 N–H and O–H groups in total. The second-order valence-corrected chi connectivity index (χ2v) is 3.94. The molecule has 1 rings (SSSR count). The minimum absolute atomic E-state index is 0.148. The molecular formula is C14H18O2. The monoisotopic (exact) mass is 218 g/mol. The molecular weight excluding hydrogens is 200 g/mol. The Labute approximate surface area is 96.6 Å². The molecule has 0 amide bonds. The van der Waals surface area contributed by atoms with E-state index in [2.05, 4.69) is 6.58 Å². The number of rotatable bonds is 5. The summed E-state index contributed by atoms with van der Waals surface area (Å²) in [7, 11) is 0. The van der Waals surface area contributed by atoms with Crippen LogP contribution in [-0.2, 0) is 4.79 Å². The second kappa shape index (κ2) is 5.61.